The second kappa shape index (κ2) is 13.9. The minimum atomic E-state index is -1.09. The van der Waals surface area contributed by atoms with Crippen molar-refractivity contribution in [2.45, 2.75) is 65.5 Å². The lowest BCUT2D eigenvalue weighted by Gasteiger charge is -2.32. The third kappa shape index (κ3) is 8.76. The van der Waals surface area contributed by atoms with Gasteiger partial charge in [-0.15, -0.1) is 0 Å². The van der Waals surface area contributed by atoms with Gasteiger partial charge in [0, 0.05) is 11.5 Å². The van der Waals surface area contributed by atoms with Crippen molar-refractivity contribution in [3.63, 3.8) is 0 Å². The summed E-state index contributed by atoms with van der Waals surface area (Å²) in [4.78, 5) is 38.1. The molecule has 3 atom stereocenters. The highest BCUT2D eigenvalue weighted by Gasteiger charge is 2.35. The highest BCUT2D eigenvalue weighted by molar-refractivity contribution is 5.90. The van der Waals surface area contributed by atoms with E-state index in [0.717, 1.165) is 16.7 Å². The Hall–Kier alpha value is -4.00. The van der Waals surface area contributed by atoms with Crippen LogP contribution < -0.4 is 10.6 Å². The number of carbonyl (C=O) groups excluding carboxylic acids is 2. The Balaban J connectivity index is 1.65. The fourth-order valence-electron chi connectivity index (χ4n) is 4.71. The molecule has 2 amide bonds. The molecule has 6 nitrogen and oxygen atoms in total. The first kappa shape index (κ1) is 30.5. The Labute approximate surface area is 236 Å². The molecule has 3 aromatic rings. The molecule has 0 aliphatic rings. The number of nitrogens with one attached hydrogen (secondary N) is 2. The third-order valence-electron chi connectivity index (χ3n) is 7.00. The first-order chi connectivity index (χ1) is 19.0. The maximum absolute atomic E-state index is 14.8. The number of carbonyl (C=O) groups is 3. The highest BCUT2D eigenvalue weighted by Crippen LogP contribution is 2.26. The first-order valence-electron chi connectivity index (χ1n) is 13.7. The largest absolute Gasteiger partial charge is 0.481 e. The normalized spacial score (nSPS) is 13.6. The molecule has 0 unspecified atom stereocenters. The van der Waals surface area contributed by atoms with Crippen LogP contribution in [0.1, 0.15) is 64.1 Å². The molecule has 0 saturated heterocycles. The van der Waals surface area contributed by atoms with Gasteiger partial charge in [-0.3, -0.25) is 14.4 Å². The van der Waals surface area contributed by atoms with Crippen LogP contribution in [0.5, 0.6) is 0 Å². The van der Waals surface area contributed by atoms with E-state index in [1.54, 1.807) is 6.07 Å². The summed E-state index contributed by atoms with van der Waals surface area (Å²) in [5, 5.41) is 15.3. The van der Waals surface area contributed by atoms with E-state index >= 15 is 0 Å². The second-order valence-electron chi connectivity index (χ2n) is 11.3. The first-order valence-corrected chi connectivity index (χ1v) is 13.7. The quantitative estimate of drug-likeness (QED) is 0.248. The zero-order valence-corrected chi connectivity index (χ0v) is 23.6. The molecule has 212 valence electrons. The van der Waals surface area contributed by atoms with E-state index in [0.29, 0.717) is 24.8 Å². The number of halogens is 1. The summed E-state index contributed by atoms with van der Waals surface area (Å²) in [6.45, 7) is 7.43. The van der Waals surface area contributed by atoms with E-state index in [1.807, 2.05) is 94.4 Å². The molecule has 3 N–H and O–H groups in total. The van der Waals surface area contributed by atoms with Gasteiger partial charge in [-0.1, -0.05) is 93.6 Å². The summed E-state index contributed by atoms with van der Waals surface area (Å²) < 4.78 is 14.8. The molecule has 0 spiro atoms. The number of carboxylic acids is 1. The summed E-state index contributed by atoms with van der Waals surface area (Å²) in [6, 6.07) is 22.8. The average molecular weight is 547 g/mol. The molecule has 0 bridgehead atoms. The lowest BCUT2D eigenvalue weighted by atomic mass is 9.85. The number of aliphatic carboxylic acids is 1. The van der Waals surface area contributed by atoms with Crippen molar-refractivity contribution < 1.29 is 23.9 Å². The van der Waals surface area contributed by atoms with E-state index in [-0.39, 0.29) is 24.2 Å². The molecule has 3 rings (SSSR count). The Morgan fingerprint density at radius 1 is 0.875 bits per heavy atom. The summed E-state index contributed by atoms with van der Waals surface area (Å²) in [6.07, 6.45) is 0.922. The van der Waals surface area contributed by atoms with Gasteiger partial charge in [0.15, 0.2) is 0 Å². The predicted molar refractivity (Wildman–Crippen MR) is 155 cm³/mol. The van der Waals surface area contributed by atoms with Crippen molar-refractivity contribution in [3.05, 3.63) is 95.8 Å². The second-order valence-corrected chi connectivity index (χ2v) is 11.3. The van der Waals surface area contributed by atoms with Crippen LogP contribution >= 0.6 is 0 Å². The number of hydrogen-bond donors (Lipinski definition) is 3. The standard InChI is InChI=1S/C33H39FN2O4/c1-22(24-13-7-5-8-14-24)35-32(40)30(33(2,3)4)36-31(39)26(21-29(37)38)17-11-12-23-18-19-27(28(34)20-23)25-15-9-6-10-16-25/h5-10,13-16,18-20,22,26,30H,11-12,17,21H2,1-4H3,(H,35,40)(H,36,39)(H,37,38)/t22-,26-,30-/m1/s1. The molecule has 3 aromatic carbocycles. The Morgan fingerprint density at radius 3 is 2.08 bits per heavy atom. The summed E-state index contributed by atoms with van der Waals surface area (Å²) >= 11 is 0. The van der Waals surface area contributed by atoms with Crippen LogP contribution in [0.25, 0.3) is 11.1 Å². The van der Waals surface area contributed by atoms with Crippen molar-refractivity contribution in [1.82, 2.24) is 10.6 Å². The number of amides is 2. The SMILES string of the molecule is C[C@@H](NC(=O)[C@@H](NC(=O)[C@H](CCCc1ccc(-c2ccccc2)c(F)c1)CC(=O)O)C(C)(C)C)c1ccccc1. The van der Waals surface area contributed by atoms with Crippen LogP contribution in [0, 0.1) is 17.2 Å². The van der Waals surface area contributed by atoms with Gasteiger partial charge in [-0.25, -0.2) is 4.39 Å². The van der Waals surface area contributed by atoms with E-state index in [1.165, 1.54) is 6.07 Å². The van der Waals surface area contributed by atoms with Crippen LogP contribution in [0.3, 0.4) is 0 Å². The monoisotopic (exact) mass is 546 g/mol. The van der Waals surface area contributed by atoms with Crippen LogP contribution in [-0.4, -0.2) is 28.9 Å². The van der Waals surface area contributed by atoms with Gasteiger partial charge in [0.25, 0.3) is 0 Å². The van der Waals surface area contributed by atoms with Gasteiger partial charge in [0.05, 0.1) is 12.5 Å². The van der Waals surface area contributed by atoms with Gasteiger partial charge >= 0.3 is 5.97 Å². The highest BCUT2D eigenvalue weighted by atomic mass is 19.1. The molecule has 0 aromatic heterocycles. The summed E-state index contributed by atoms with van der Waals surface area (Å²) in [5.41, 5.74) is 2.41. The van der Waals surface area contributed by atoms with Crippen LogP contribution in [0.2, 0.25) is 0 Å². The zero-order valence-electron chi connectivity index (χ0n) is 23.6. The summed E-state index contributed by atoms with van der Waals surface area (Å²) in [7, 11) is 0. The van der Waals surface area contributed by atoms with E-state index in [2.05, 4.69) is 10.6 Å². The van der Waals surface area contributed by atoms with Crippen molar-refractivity contribution in [1.29, 1.82) is 0 Å². The van der Waals surface area contributed by atoms with Crippen molar-refractivity contribution in [2.75, 3.05) is 0 Å². The molecule has 7 heteroatoms. The summed E-state index contributed by atoms with van der Waals surface area (Å²) in [5.74, 6) is -3.05. The van der Waals surface area contributed by atoms with Gasteiger partial charge in [-0.2, -0.15) is 0 Å². The minimum absolute atomic E-state index is 0.265. The van der Waals surface area contributed by atoms with Crippen LogP contribution in [-0.2, 0) is 20.8 Å². The maximum atomic E-state index is 14.8. The molecular formula is C33H39FN2O4. The molecule has 0 fully saturated rings. The Bertz CT molecular complexity index is 1290. The maximum Gasteiger partial charge on any atom is 0.304 e. The average Bonchev–Trinajstić information content (AvgIpc) is 2.91. The van der Waals surface area contributed by atoms with Crippen molar-refractivity contribution in [3.8, 4) is 11.1 Å². The molecule has 40 heavy (non-hydrogen) atoms. The zero-order chi connectivity index (χ0) is 29.3. The number of carboxylic acid groups (broad SMARTS) is 1. The van der Waals surface area contributed by atoms with Gasteiger partial charge < -0.3 is 15.7 Å². The number of rotatable bonds is 12. The van der Waals surface area contributed by atoms with Crippen LogP contribution in [0.15, 0.2) is 78.9 Å². The lowest BCUT2D eigenvalue weighted by Crippen LogP contribution is -2.55. The smallest absolute Gasteiger partial charge is 0.304 e. The third-order valence-corrected chi connectivity index (χ3v) is 7.00. The Kier molecular flexibility index (Phi) is 10.6. The van der Waals surface area contributed by atoms with Crippen molar-refractivity contribution in [2.24, 2.45) is 11.3 Å². The van der Waals surface area contributed by atoms with Crippen molar-refractivity contribution >= 4 is 17.8 Å². The van der Waals surface area contributed by atoms with Gasteiger partial charge in [0.1, 0.15) is 11.9 Å². The number of hydrogen-bond acceptors (Lipinski definition) is 3. The fourth-order valence-corrected chi connectivity index (χ4v) is 4.71. The Morgan fingerprint density at radius 2 is 1.50 bits per heavy atom. The fraction of sp³-hybridized carbons (Fsp3) is 0.364. The number of benzene rings is 3. The molecule has 0 radical (unpaired) electrons. The van der Waals surface area contributed by atoms with E-state index in [9.17, 15) is 23.9 Å². The van der Waals surface area contributed by atoms with Gasteiger partial charge in [-0.05, 0) is 54.4 Å². The minimum Gasteiger partial charge on any atom is -0.481 e. The molecule has 0 saturated carbocycles. The van der Waals surface area contributed by atoms with E-state index in [4.69, 9.17) is 0 Å². The molecule has 0 aliphatic heterocycles. The van der Waals surface area contributed by atoms with Crippen LogP contribution in [0.4, 0.5) is 4.39 Å². The van der Waals surface area contributed by atoms with E-state index < -0.39 is 29.3 Å². The molecular weight excluding hydrogens is 507 g/mol. The molecule has 0 heterocycles. The molecule has 0 aliphatic carbocycles. The van der Waals surface area contributed by atoms with Gasteiger partial charge in [0.2, 0.25) is 11.8 Å². The lowest BCUT2D eigenvalue weighted by molar-refractivity contribution is -0.142. The topological polar surface area (TPSA) is 95.5 Å². The predicted octanol–water partition coefficient (Wildman–Crippen LogP) is 6.31. The number of aryl methyl sites for hydroxylation is 1.